The molecule has 0 amide bonds. The first-order valence-electron chi connectivity index (χ1n) is 5.23. The lowest BCUT2D eigenvalue weighted by atomic mass is 10.2. The Labute approximate surface area is 111 Å². The van der Waals surface area contributed by atoms with Crippen molar-refractivity contribution in [3.8, 4) is 11.4 Å². The van der Waals surface area contributed by atoms with Crippen LogP contribution in [0.3, 0.4) is 0 Å². The number of rotatable bonds is 1. The van der Waals surface area contributed by atoms with Gasteiger partial charge >= 0.3 is 0 Å². The molecular formula is C12H7ClF2N2S. The first-order chi connectivity index (χ1) is 8.65. The van der Waals surface area contributed by atoms with Crippen molar-refractivity contribution in [3.63, 3.8) is 0 Å². The van der Waals surface area contributed by atoms with E-state index in [9.17, 15) is 8.78 Å². The molecule has 0 fully saturated rings. The van der Waals surface area contributed by atoms with Crippen LogP contribution in [-0.4, -0.2) is 9.97 Å². The lowest BCUT2D eigenvalue weighted by molar-refractivity contribution is 0.509. The van der Waals surface area contributed by atoms with Gasteiger partial charge in [0.2, 0.25) is 0 Å². The summed E-state index contributed by atoms with van der Waals surface area (Å²) in [4.78, 5) is 8.49. The zero-order valence-corrected chi connectivity index (χ0v) is 10.7. The van der Waals surface area contributed by atoms with Gasteiger partial charge < -0.3 is 0 Å². The van der Waals surface area contributed by atoms with Crippen molar-refractivity contribution in [3.05, 3.63) is 46.2 Å². The molecule has 6 heteroatoms. The summed E-state index contributed by atoms with van der Waals surface area (Å²) in [6.45, 7) is 0. The minimum absolute atomic E-state index is 0.333. The SMILES string of the molecule is Fc1ccc(-c2nc(Cl)c3c(n2)CSC3)cc1F. The molecule has 92 valence electrons. The first-order valence-corrected chi connectivity index (χ1v) is 6.77. The average molecular weight is 285 g/mol. The normalized spacial score (nSPS) is 13.7. The van der Waals surface area contributed by atoms with Crippen molar-refractivity contribution in [2.45, 2.75) is 11.5 Å². The second-order valence-corrected chi connectivity index (χ2v) is 5.23. The number of benzene rings is 1. The highest BCUT2D eigenvalue weighted by atomic mass is 35.5. The van der Waals surface area contributed by atoms with Crippen molar-refractivity contribution in [2.24, 2.45) is 0 Å². The van der Waals surface area contributed by atoms with E-state index >= 15 is 0 Å². The number of aromatic nitrogens is 2. The molecule has 3 rings (SSSR count). The van der Waals surface area contributed by atoms with E-state index in [1.54, 1.807) is 11.8 Å². The molecule has 0 bridgehead atoms. The van der Waals surface area contributed by atoms with Crippen LogP contribution in [0.2, 0.25) is 5.15 Å². The van der Waals surface area contributed by atoms with Crippen LogP contribution in [0.15, 0.2) is 18.2 Å². The summed E-state index contributed by atoms with van der Waals surface area (Å²) >= 11 is 7.77. The molecule has 0 unspecified atom stereocenters. The molecule has 0 atom stereocenters. The van der Waals surface area contributed by atoms with Crippen LogP contribution >= 0.6 is 23.4 Å². The van der Waals surface area contributed by atoms with Crippen LogP contribution in [0.5, 0.6) is 0 Å². The quantitative estimate of drug-likeness (QED) is 0.745. The molecule has 1 aromatic heterocycles. The van der Waals surface area contributed by atoms with E-state index in [-0.39, 0.29) is 0 Å². The van der Waals surface area contributed by atoms with E-state index < -0.39 is 11.6 Å². The number of fused-ring (bicyclic) bond motifs is 1. The monoisotopic (exact) mass is 284 g/mol. The van der Waals surface area contributed by atoms with Crippen LogP contribution < -0.4 is 0 Å². The van der Waals surface area contributed by atoms with Gasteiger partial charge in [-0.1, -0.05) is 11.6 Å². The highest BCUT2D eigenvalue weighted by Gasteiger charge is 2.19. The molecule has 0 aliphatic carbocycles. The molecule has 0 radical (unpaired) electrons. The van der Waals surface area contributed by atoms with E-state index in [0.29, 0.717) is 16.5 Å². The standard InChI is InChI=1S/C12H7ClF2N2S/c13-11-7-4-18-5-10(7)16-12(17-11)6-1-2-8(14)9(15)3-6/h1-3H,4-5H2. The maximum atomic E-state index is 13.2. The van der Waals surface area contributed by atoms with Gasteiger partial charge in [-0.15, -0.1) is 0 Å². The Kier molecular flexibility index (Phi) is 2.95. The molecule has 2 aromatic rings. The molecular weight excluding hydrogens is 278 g/mol. The maximum absolute atomic E-state index is 13.2. The lowest BCUT2D eigenvalue weighted by Gasteiger charge is -2.05. The van der Waals surface area contributed by atoms with Crippen LogP contribution in [-0.2, 0) is 11.5 Å². The van der Waals surface area contributed by atoms with Gasteiger partial charge in [-0.25, -0.2) is 18.7 Å². The van der Waals surface area contributed by atoms with Crippen LogP contribution in [0, 0.1) is 11.6 Å². The van der Waals surface area contributed by atoms with Crippen LogP contribution in [0.4, 0.5) is 8.78 Å². The molecule has 18 heavy (non-hydrogen) atoms. The topological polar surface area (TPSA) is 25.8 Å². The lowest BCUT2D eigenvalue weighted by Crippen LogP contribution is -1.98. The third-order valence-corrected chi connectivity index (χ3v) is 3.99. The molecule has 1 aliphatic rings. The van der Waals surface area contributed by atoms with Crippen molar-refractivity contribution < 1.29 is 8.78 Å². The Hall–Kier alpha value is -1.20. The summed E-state index contributed by atoms with van der Waals surface area (Å²) in [5.41, 5.74) is 2.24. The van der Waals surface area contributed by atoms with E-state index in [4.69, 9.17) is 11.6 Å². The summed E-state index contributed by atoms with van der Waals surface area (Å²) in [6, 6.07) is 3.58. The Morgan fingerprint density at radius 1 is 1.11 bits per heavy atom. The second kappa shape index (κ2) is 4.48. The van der Waals surface area contributed by atoms with Gasteiger partial charge in [0.1, 0.15) is 5.15 Å². The van der Waals surface area contributed by atoms with Crippen LogP contribution in [0.1, 0.15) is 11.3 Å². The summed E-state index contributed by atoms with van der Waals surface area (Å²) in [7, 11) is 0. The minimum atomic E-state index is -0.915. The molecule has 1 aromatic carbocycles. The number of nitrogens with zero attached hydrogens (tertiary/aromatic N) is 2. The summed E-state index contributed by atoms with van der Waals surface area (Å²) in [5, 5.41) is 0.393. The van der Waals surface area contributed by atoms with Gasteiger partial charge in [0, 0.05) is 22.6 Å². The van der Waals surface area contributed by atoms with Crippen molar-refractivity contribution in [2.75, 3.05) is 0 Å². The Morgan fingerprint density at radius 2 is 1.94 bits per heavy atom. The second-order valence-electron chi connectivity index (χ2n) is 3.88. The smallest absolute Gasteiger partial charge is 0.161 e. The first kappa shape index (κ1) is 11.9. The Balaban J connectivity index is 2.12. The predicted octanol–water partition coefficient (Wildman–Crippen LogP) is 3.82. The highest BCUT2D eigenvalue weighted by molar-refractivity contribution is 7.98. The third-order valence-electron chi connectivity index (χ3n) is 2.71. The van der Waals surface area contributed by atoms with Gasteiger partial charge in [-0.3, -0.25) is 0 Å². The fraction of sp³-hybridized carbons (Fsp3) is 0.167. The molecule has 0 saturated carbocycles. The van der Waals surface area contributed by atoms with E-state index in [1.807, 2.05) is 0 Å². The van der Waals surface area contributed by atoms with Gasteiger partial charge in [0.25, 0.3) is 0 Å². The maximum Gasteiger partial charge on any atom is 0.161 e. The fourth-order valence-corrected chi connectivity index (χ4v) is 3.15. The number of halogens is 3. The molecule has 1 aliphatic heterocycles. The van der Waals surface area contributed by atoms with E-state index in [2.05, 4.69) is 9.97 Å². The van der Waals surface area contributed by atoms with Crippen molar-refractivity contribution in [1.82, 2.24) is 9.97 Å². The number of hydrogen-bond donors (Lipinski definition) is 0. The Bertz CT molecular complexity index is 634. The van der Waals surface area contributed by atoms with Gasteiger partial charge in [-0.05, 0) is 18.2 Å². The average Bonchev–Trinajstić information content (AvgIpc) is 2.81. The van der Waals surface area contributed by atoms with Crippen molar-refractivity contribution >= 4 is 23.4 Å². The molecule has 0 N–H and O–H groups in total. The minimum Gasteiger partial charge on any atom is -0.232 e. The van der Waals surface area contributed by atoms with E-state index in [0.717, 1.165) is 34.9 Å². The van der Waals surface area contributed by atoms with Gasteiger partial charge in [0.15, 0.2) is 17.5 Å². The fourth-order valence-electron chi connectivity index (χ4n) is 1.78. The third kappa shape index (κ3) is 1.97. The molecule has 2 heterocycles. The molecule has 2 nitrogen and oxygen atoms in total. The van der Waals surface area contributed by atoms with Gasteiger partial charge in [-0.2, -0.15) is 11.8 Å². The van der Waals surface area contributed by atoms with Gasteiger partial charge in [0.05, 0.1) is 5.69 Å². The highest BCUT2D eigenvalue weighted by Crippen LogP contribution is 2.34. The summed E-state index contributed by atoms with van der Waals surface area (Å²) in [5.74, 6) is 0.101. The molecule has 0 saturated heterocycles. The number of hydrogen-bond acceptors (Lipinski definition) is 3. The molecule has 0 spiro atoms. The van der Waals surface area contributed by atoms with E-state index in [1.165, 1.54) is 6.07 Å². The van der Waals surface area contributed by atoms with Crippen LogP contribution in [0.25, 0.3) is 11.4 Å². The predicted molar refractivity (Wildman–Crippen MR) is 67.4 cm³/mol. The summed E-state index contributed by atoms with van der Waals surface area (Å²) in [6.07, 6.45) is 0. The zero-order valence-electron chi connectivity index (χ0n) is 9.08. The van der Waals surface area contributed by atoms with Crippen molar-refractivity contribution in [1.29, 1.82) is 0 Å². The Morgan fingerprint density at radius 3 is 2.72 bits per heavy atom. The zero-order chi connectivity index (χ0) is 12.7. The summed E-state index contributed by atoms with van der Waals surface area (Å²) < 4.78 is 26.0. The largest absolute Gasteiger partial charge is 0.232 e. The number of thioether (sulfide) groups is 1.